The van der Waals surface area contributed by atoms with Gasteiger partial charge in [-0.05, 0) is 50.6 Å². The Morgan fingerprint density at radius 1 is 1.20 bits per heavy atom. The van der Waals surface area contributed by atoms with Crippen molar-refractivity contribution in [1.29, 1.82) is 0 Å². The highest BCUT2D eigenvalue weighted by atomic mass is 16.5. The second-order valence-electron chi connectivity index (χ2n) is 6.39. The van der Waals surface area contributed by atoms with Crippen LogP contribution < -0.4 is 4.74 Å². The van der Waals surface area contributed by atoms with Crippen LogP contribution in [-0.4, -0.2) is 46.6 Å². The molecule has 0 radical (unpaired) electrons. The molecule has 132 valence electrons. The predicted molar refractivity (Wildman–Crippen MR) is 93.4 cm³/mol. The molecule has 1 aliphatic heterocycles. The highest BCUT2D eigenvalue weighted by Crippen LogP contribution is 2.26. The van der Waals surface area contributed by atoms with E-state index in [1.54, 1.807) is 12.0 Å². The summed E-state index contributed by atoms with van der Waals surface area (Å²) in [5, 5.41) is 9.13. The van der Waals surface area contributed by atoms with Gasteiger partial charge >= 0.3 is 5.97 Å². The molecule has 2 aromatic rings. The van der Waals surface area contributed by atoms with Crippen LogP contribution >= 0.6 is 0 Å². The lowest BCUT2D eigenvalue weighted by molar-refractivity contribution is -0.141. The molecule has 0 spiro atoms. The van der Waals surface area contributed by atoms with Gasteiger partial charge < -0.3 is 19.3 Å². The van der Waals surface area contributed by atoms with Crippen LogP contribution in [0.3, 0.4) is 0 Å². The predicted octanol–water partition coefficient (Wildman–Crippen LogP) is 2.65. The first-order valence-electron chi connectivity index (χ1n) is 8.27. The Kier molecular flexibility index (Phi) is 4.53. The largest absolute Gasteiger partial charge is 0.497 e. The van der Waals surface area contributed by atoms with E-state index < -0.39 is 11.9 Å². The standard InChI is InChI=1S/C19H22N2O4/c1-12-10-17(18(22)20-9-8-14(11-20)19(23)24)13(2)21(12)15-4-6-16(25-3)7-5-15/h4-7,10,14H,8-9,11H2,1-3H3,(H,23,24). The summed E-state index contributed by atoms with van der Waals surface area (Å²) in [7, 11) is 1.62. The van der Waals surface area contributed by atoms with E-state index >= 15 is 0 Å². The molecule has 6 nitrogen and oxygen atoms in total. The van der Waals surface area contributed by atoms with Gasteiger partial charge in [0.05, 0.1) is 18.6 Å². The zero-order chi connectivity index (χ0) is 18.1. The third kappa shape index (κ3) is 3.12. The molecule has 1 atom stereocenters. The van der Waals surface area contributed by atoms with Crippen molar-refractivity contribution in [3.05, 3.63) is 47.3 Å². The molecule has 0 bridgehead atoms. The Balaban J connectivity index is 1.89. The molecule has 1 aliphatic rings. The summed E-state index contributed by atoms with van der Waals surface area (Å²) in [4.78, 5) is 25.6. The molecule has 0 aliphatic carbocycles. The number of nitrogens with zero attached hydrogens (tertiary/aromatic N) is 2. The van der Waals surface area contributed by atoms with Gasteiger partial charge in [-0.1, -0.05) is 0 Å². The second-order valence-corrected chi connectivity index (χ2v) is 6.39. The lowest BCUT2D eigenvalue weighted by Gasteiger charge is -2.16. The maximum Gasteiger partial charge on any atom is 0.308 e. The first-order valence-corrected chi connectivity index (χ1v) is 8.27. The van der Waals surface area contributed by atoms with Crippen molar-refractivity contribution in [2.75, 3.05) is 20.2 Å². The summed E-state index contributed by atoms with van der Waals surface area (Å²) in [6, 6.07) is 9.53. The van der Waals surface area contributed by atoms with Gasteiger partial charge in [0.25, 0.3) is 5.91 Å². The monoisotopic (exact) mass is 342 g/mol. The van der Waals surface area contributed by atoms with E-state index in [-0.39, 0.29) is 12.5 Å². The van der Waals surface area contributed by atoms with E-state index in [1.165, 1.54) is 0 Å². The fourth-order valence-corrected chi connectivity index (χ4v) is 3.42. The van der Waals surface area contributed by atoms with E-state index in [0.717, 1.165) is 22.8 Å². The topological polar surface area (TPSA) is 71.8 Å². The van der Waals surface area contributed by atoms with Crippen molar-refractivity contribution in [2.45, 2.75) is 20.3 Å². The van der Waals surface area contributed by atoms with Crippen LogP contribution in [0.4, 0.5) is 0 Å². The van der Waals surface area contributed by atoms with E-state index in [4.69, 9.17) is 9.84 Å². The SMILES string of the molecule is COc1ccc(-n2c(C)cc(C(=O)N3CCC(C(=O)O)C3)c2C)cc1. The minimum atomic E-state index is -0.834. The number of methoxy groups -OCH3 is 1. The number of carbonyl (C=O) groups excluding carboxylic acids is 1. The first kappa shape index (κ1) is 17.1. The van der Waals surface area contributed by atoms with Crippen molar-refractivity contribution in [3.63, 3.8) is 0 Å². The first-order chi connectivity index (χ1) is 11.9. The molecule has 6 heteroatoms. The van der Waals surface area contributed by atoms with Gasteiger partial charge in [0.1, 0.15) is 5.75 Å². The molecule has 0 saturated carbocycles. The molecule has 2 heterocycles. The number of hydrogen-bond acceptors (Lipinski definition) is 3. The number of carboxylic acid groups (broad SMARTS) is 1. The van der Waals surface area contributed by atoms with E-state index in [0.29, 0.717) is 18.5 Å². The van der Waals surface area contributed by atoms with E-state index in [1.807, 2.05) is 48.7 Å². The van der Waals surface area contributed by atoms with Gasteiger partial charge in [0.2, 0.25) is 0 Å². The molecule has 1 aromatic heterocycles. The third-order valence-corrected chi connectivity index (χ3v) is 4.82. The maximum atomic E-state index is 12.8. The van der Waals surface area contributed by atoms with Crippen molar-refractivity contribution in [1.82, 2.24) is 9.47 Å². The Labute approximate surface area is 146 Å². The molecule has 1 aromatic carbocycles. The summed E-state index contributed by atoms with van der Waals surface area (Å²) < 4.78 is 7.21. The second kappa shape index (κ2) is 6.63. The average molecular weight is 342 g/mol. The minimum absolute atomic E-state index is 0.100. The van der Waals surface area contributed by atoms with Crippen LogP contribution in [0.1, 0.15) is 28.2 Å². The van der Waals surface area contributed by atoms with Crippen molar-refractivity contribution in [3.8, 4) is 11.4 Å². The normalized spacial score (nSPS) is 16.9. The van der Waals surface area contributed by atoms with Crippen molar-refractivity contribution in [2.24, 2.45) is 5.92 Å². The Bertz CT molecular complexity index is 808. The van der Waals surface area contributed by atoms with E-state index in [9.17, 15) is 9.59 Å². The van der Waals surface area contributed by atoms with Crippen LogP contribution in [0.5, 0.6) is 5.75 Å². The molecular weight excluding hydrogens is 320 g/mol. The Hall–Kier alpha value is -2.76. The third-order valence-electron chi connectivity index (χ3n) is 4.82. The molecular formula is C19H22N2O4. The number of benzene rings is 1. The number of carbonyl (C=O) groups is 2. The molecule has 25 heavy (non-hydrogen) atoms. The molecule has 1 saturated heterocycles. The molecule has 3 rings (SSSR count). The fraction of sp³-hybridized carbons (Fsp3) is 0.368. The van der Waals surface area contributed by atoms with Gasteiger partial charge in [-0.15, -0.1) is 0 Å². The van der Waals surface area contributed by atoms with Gasteiger partial charge in [0.15, 0.2) is 0 Å². The van der Waals surface area contributed by atoms with Crippen molar-refractivity contribution >= 4 is 11.9 Å². The fourth-order valence-electron chi connectivity index (χ4n) is 3.42. The van der Waals surface area contributed by atoms with Crippen LogP contribution in [0.25, 0.3) is 5.69 Å². The summed E-state index contributed by atoms with van der Waals surface area (Å²) in [5.41, 5.74) is 3.39. The number of aromatic nitrogens is 1. The number of ether oxygens (including phenoxy) is 1. The molecule has 1 fully saturated rings. The number of aryl methyl sites for hydroxylation is 1. The molecule has 1 unspecified atom stereocenters. The highest BCUT2D eigenvalue weighted by molar-refractivity contribution is 5.96. The van der Waals surface area contributed by atoms with Gasteiger partial charge in [-0.25, -0.2) is 0 Å². The zero-order valence-electron chi connectivity index (χ0n) is 14.7. The van der Waals surface area contributed by atoms with Crippen LogP contribution in [-0.2, 0) is 4.79 Å². The Morgan fingerprint density at radius 3 is 2.44 bits per heavy atom. The quantitative estimate of drug-likeness (QED) is 0.927. The summed E-state index contributed by atoms with van der Waals surface area (Å²) in [5.74, 6) is -0.621. The van der Waals surface area contributed by atoms with Gasteiger partial charge in [0, 0.05) is 30.2 Å². The lowest BCUT2D eigenvalue weighted by Crippen LogP contribution is -2.30. The number of carboxylic acids is 1. The van der Waals surface area contributed by atoms with Crippen LogP contribution in [0.15, 0.2) is 30.3 Å². The average Bonchev–Trinajstić information content (AvgIpc) is 3.20. The number of rotatable bonds is 4. The van der Waals surface area contributed by atoms with Crippen molar-refractivity contribution < 1.29 is 19.4 Å². The summed E-state index contributed by atoms with van der Waals surface area (Å²) >= 11 is 0. The molecule has 1 amide bonds. The summed E-state index contributed by atoms with van der Waals surface area (Å²) in [6.45, 7) is 4.63. The smallest absolute Gasteiger partial charge is 0.308 e. The zero-order valence-corrected chi connectivity index (χ0v) is 14.7. The van der Waals surface area contributed by atoms with Crippen LogP contribution in [0.2, 0.25) is 0 Å². The summed E-state index contributed by atoms with van der Waals surface area (Å²) in [6.07, 6.45) is 0.512. The lowest BCUT2D eigenvalue weighted by atomic mass is 10.1. The minimum Gasteiger partial charge on any atom is -0.497 e. The van der Waals surface area contributed by atoms with Gasteiger partial charge in [-0.2, -0.15) is 0 Å². The van der Waals surface area contributed by atoms with Gasteiger partial charge in [-0.3, -0.25) is 9.59 Å². The van der Waals surface area contributed by atoms with Crippen LogP contribution in [0, 0.1) is 19.8 Å². The Morgan fingerprint density at radius 2 is 1.88 bits per heavy atom. The number of aliphatic carboxylic acids is 1. The molecule has 1 N–H and O–H groups in total. The highest BCUT2D eigenvalue weighted by Gasteiger charge is 2.32. The number of amides is 1. The number of hydrogen-bond donors (Lipinski definition) is 1. The number of likely N-dealkylation sites (tertiary alicyclic amines) is 1. The van der Waals surface area contributed by atoms with E-state index in [2.05, 4.69) is 0 Å². The maximum absolute atomic E-state index is 12.8.